The fourth-order valence-corrected chi connectivity index (χ4v) is 2.62. The van der Waals surface area contributed by atoms with Crippen LogP contribution in [0.1, 0.15) is 11.1 Å². The summed E-state index contributed by atoms with van der Waals surface area (Å²) in [4.78, 5) is 8.44. The van der Waals surface area contributed by atoms with Gasteiger partial charge in [-0.3, -0.25) is 4.99 Å². The summed E-state index contributed by atoms with van der Waals surface area (Å²) in [5.74, 6) is 1.42. The molecule has 0 saturated heterocycles. The Balaban J connectivity index is 0.00000300. The highest BCUT2D eigenvalue weighted by atomic mass is 127. The minimum Gasteiger partial charge on any atom is -0.439 e. The Hall–Kier alpha value is -2.68. The quantitative estimate of drug-likeness (QED) is 0.281. The number of benzene rings is 2. The average molecular weight is 506 g/mol. The van der Waals surface area contributed by atoms with Crippen LogP contribution in [0.5, 0.6) is 11.6 Å². The molecule has 0 fully saturated rings. The molecule has 0 spiro atoms. The van der Waals surface area contributed by atoms with Crippen LogP contribution in [0.15, 0.2) is 77.9 Å². The van der Waals surface area contributed by atoms with Crippen LogP contribution in [-0.2, 0) is 13.0 Å². The molecule has 0 radical (unpaired) electrons. The van der Waals surface area contributed by atoms with E-state index in [2.05, 4.69) is 32.7 Å². The SMILES string of the molecule is CN=C(NCCc1ccccc1)NCc1ccnc(Oc2ccc(F)cc2)c1.I. The first-order chi connectivity index (χ1) is 13.7. The third kappa shape index (κ3) is 7.69. The minimum absolute atomic E-state index is 0. The summed E-state index contributed by atoms with van der Waals surface area (Å²) in [6, 6.07) is 19.9. The zero-order valence-corrected chi connectivity index (χ0v) is 18.5. The largest absolute Gasteiger partial charge is 0.439 e. The number of hydrogen-bond donors (Lipinski definition) is 2. The Bertz CT molecular complexity index is 904. The Morgan fingerprint density at radius 1 is 1.00 bits per heavy atom. The van der Waals surface area contributed by atoms with Crippen molar-refractivity contribution in [2.75, 3.05) is 13.6 Å². The van der Waals surface area contributed by atoms with Gasteiger partial charge in [-0.15, -0.1) is 24.0 Å². The van der Waals surface area contributed by atoms with Gasteiger partial charge in [-0.05, 0) is 47.9 Å². The second-order valence-electron chi connectivity index (χ2n) is 6.15. The van der Waals surface area contributed by atoms with Crippen molar-refractivity contribution in [3.8, 4) is 11.6 Å². The van der Waals surface area contributed by atoms with E-state index in [0.717, 1.165) is 24.5 Å². The van der Waals surface area contributed by atoms with Crippen molar-refractivity contribution in [3.63, 3.8) is 0 Å². The maximum absolute atomic E-state index is 13.0. The van der Waals surface area contributed by atoms with Crippen LogP contribution in [0.3, 0.4) is 0 Å². The van der Waals surface area contributed by atoms with Crippen molar-refractivity contribution in [2.45, 2.75) is 13.0 Å². The van der Waals surface area contributed by atoms with Gasteiger partial charge in [0.2, 0.25) is 5.88 Å². The number of guanidine groups is 1. The van der Waals surface area contributed by atoms with Gasteiger partial charge < -0.3 is 15.4 Å². The molecule has 0 bridgehead atoms. The van der Waals surface area contributed by atoms with Crippen molar-refractivity contribution >= 4 is 29.9 Å². The van der Waals surface area contributed by atoms with Crippen LogP contribution < -0.4 is 15.4 Å². The highest BCUT2D eigenvalue weighted by Crippen LogP contribution is 2.20. The molecule has 2 N–H and O–H groups in total. The lowest BCUT2D eigenvalue weighted by Crippen LogP contribution is -2.37. The predicted molar refractivity (Wildman–Crippen MR) is 124 cm³/mol. The lowest BCUT2D eigenvalue weighted by Gasteiger charge is -2.12. The van der Waals surface area contributed by atoms with Gasteiger partial charge in [0.15, 0.2) is 5.96 Å². The maximum Gasteiger partial charge on any atom is 0.219 e. The summed E-state index contributed by atoms with van der Waals surface area (Å²) in [5, 5.41) is 6.58. The average Bonchev–Trinajstić information content (AvgIpc) is 2.73. The molecule has 0 aliphatic heterocycles. The third-order valence-corrected chi connectivity index (χ3v) is 4.07. The molecule has 2 aromatic carbocycles. The summed E-state index contributed by atoms with van der Waals surface area (Å²) >= 11 is 0. The van der Waals surface area contributed by atoms with Crippen LogP contribution in [0.2, 0.25) is 0 Å². The van der Waals surface area contributed by atoms with Crippen LogP contribution >= 0.6 is 24.0 Å². The molecule has 7 heteroatoms. The first kappa shape index (κ1) is 22.6. The van der Waals surface area contributed by atoms with E-state index in [-0.39, 0.29) is 29.8 Å². The van der Waals surface area contributed by atoms with Crippen LogP contribution in [-0.4, -0.2) is 24.5 Å². The third-order valence-electron chi connectivity index (χ3n) is 4.07. The van der Waals surface area contributed by atoms with Crippen molar-refractivity contribution in [3.05, 3.63) is 89.9 Å². The summed E-state index contributed by atoms with van der Waals surface area (Å²) in [6.45, 7) is 1.37. The number of halogens is 2. The second kappa shape index (κ2) is 12.0. The molecule has 152 valence electrons. The maximum atomic E-state index is 13.0. The number of hydrogen-bond acceptors (Lipinski definition) is 3. The normalized spacial score (nSPS) is 10.8. The van der Waals surface area contributed by atoms with Gasteiger partial charge in [-0.2, -0.15) is 0 Å². The highest BCUT2D eigenvalue weighted by Gasteiger charge is 2.03. The molecule has 0 saturated carbocycles. The van der Waals surface area contributed by atoms with Crippen molar-refractivity contribution in [1.82, 2.24) is 15.6 Å². The van der Waals surface area contributed by atoms with Gasteiger partial charge >= 0.3 is 0 Å². The van der Waals surface area contributed by atoms with Crippen LogP contribution in [0.25, 0.3) is 0 Å². The van der Waals surface area contributed by atoms with E-state index in [0.29, 0.717) is 18.2 Å². The van der Waals surface area contributed by atoms with Gasteiger partial charge in [0.05, 0.1) is 0 Å². The Morgan fingerprint density at radius 2 is 1.76 bits per heavy atom. The fourth-order valence-electron chi connectivity index (χ4n) is 2.62. The Labute approximate surface area is 187 Å². The Kier molecular flexibility index (Phi) is 9.36. The lowest BCUT2D eigenvalue weighted by molar-refractivity contribution is 0.460. The first-order valence-electron chi connectivity index (χ1n) is 9.10. The molecule has 0 unspecified atom stereocenters. The lowest BCUT2D eigenvalue weighted by atomic mass is 10.1. The van der Waals surface area contributed by atoms with Gasteiger partial charge in [0.25, 0.3) is 0 Å². The van der Waals surface area contributed by atoms with E-state index in [4.69, 9.17) is 4.74 Å². The van der Waals surface area contributed by atoms with Crippen molar-refractivity contribution in [1.29, 1.82) is 0 Å². The van der Waals surface area contributed by atoms with Gasteiger partial charge in [0, 0.05) is 32.4 Å². The molecule has 3 rings (SSSR count). The highest BCUT2D eigenvalue weighted by molar-refractivity contribution is 14.0. The molecular formula is C22H24FIN4O. The molecule has 0 aliphatic rings. The zero-order valence-electron chi connectivity index (χ0n) is 16.1. The molecule has 0 atom stereocenters. The van der Waals surface area contributed by atoms with Gasteiger partial charge in [-0.25, -0.2) is 9.37 Å². The summed E-state index contributed by atoms with van der Waals surface area (Å²) < 4.78 is 18.7. The summed E-state index contributed by atoms with van der Waals surface area (Å²) in [6.07, 6.45) is 2.61. The van der Waals surface area contributed by atoms with Crippen molar-refractivity contribution < 1.29 is 9.13 Å². The standard InChI is InChI=1S/C22H23FN4O.HI/c1-24-22(26-14-11-17-5-3-2-4-6-17)27-16-18-12-13-25-21(15-18)28-20-9-7-19(23)8-10-20;/h2-10,12-13,15H,11,14,16H2,1H3,(H2,24,26,27);1H. The number of aromatic nitrogens is 1. The summed E-state index contributed by atoms with van der Waals surface area (Å²) in [7, 11) is 1.74. The number of nitrogens with zero attached hydrogens (tertiary/aromatic N) is 2. The molecule has 3 aromatic rings. The summed E-state index contributed by atoms with van der Waals surface area (Å²) in [5.41, 5.74) is 2.28. The number of rotatable bonds is 7. The fraction of sp³-hybridized carbons (Fsp3) is 0.182. The van der Waals surface area contributed by atoms with Gasteiger partial charge in [0.1, 0.15) is 11.6 Å². The molecule has 0 aliphatic carbocycles. The van der Waals surface area contributed by atoms with Crippen LogP contribution in [0.4, 0.5) is 4.39 Å². The second-order valence-corrected chi connectivity index (χ2v) is 6.15. The molecule has 29 heavy (non-hydrogen) atoms. The van der Waals surface area contributed by atoms with Gasteiger partial charge in [-0.1, -0.05) is 30.3 Å². The molecule has 1 aromatic heterocycles. The minimum atomic E-state index is -0.301. The van der Waals surface area contributed by atoms with E-state index < -0.39 is 0 Å². The zero-order chi connectivity index (χ0) is 19.6. The molecule has 0 amide bonds. The first-order valence-corrected chi connectivity index (χ1v) is 9.10. The Morgan fingerprint density at radius 3 is 2.48 bits per heavy atom. The molecule has 1 heterocycles. The van der Waals surface area contributed by atoms with Crippen molar-refractivity contribution in [2.24, 2.45) is 4.99 Å². The van der Waals surface area contributed by atoms with E-state index in [9.17, 15) is 4.39 Å². The number of aliphatic imine (C=N–C) groups is 1. The van der Waals surface area contributed by atoms with Crippen LogP contribution in [0, 0.1) is 5.82 Å². The predicted octanol–water partition coefficient (Wildman–Crippen LogP) is 4.54. The van der Waals surface area contributed by atoms with E-state index in [1.54, 1.807) is 25.4 Å². The topological polar surface area (TPSA) is 58.5 Å². The number of ether oxygens (including phenoxy) is 1. The van der Waals surface area contributed by atoms with E-state index >= 15 is 0 Å². The molecule has 5 nitrogen and oxygen atoms in total. The molecular weight excluding hydrogens is 482 g/mol. The van der Waals surface area contributed by atoms with E-state index in [1.807, 2.05) is 30.3 Å². The smallest absolute Gasteiger partial charge is 0.219 e. The van der Waals surface area contributed by atoms with E-state index in [1.165, 1.54) is 17.7 Å². The number of pyridine rings is 1. The number of nitrogens with one attached hydrogen (secondary N) is 2. The monoisotopic (exact) mass is 506 g/mol.